The van der Waals surface area contributed by atoms with Gasteiger partial charge in [-0.25, -0.2) is 8.42 Å². The Morgan fingerprint density at radius 2 is 1.81 bits per heavy atom. The van der Waals surface area contributed by atoms with Crippen LogP contribution < -0.4 is 14.8 Å². The van der Waals surface area contributed by atoms with Crippen LogP contribution in [0, 0.1) is 6.92 Å². The molecule has 1 aliphatic rings. The van der Waals surface area contributed by atoms with E-state index in [1.807, 2.05) is 25.1 Å². The summed E-state index contributed by atoms with van der Waals surface area (Å²) in [6.07, 6.45) is 0.608. The Bertz CT molecular complexity index is 926. The molecule has 0 aliphatic carbocycles. The number of amides is 1. The summed E-state index contributed by atoms with van der Waals surface area (Å²) in [7, 11) is -2.30. The largest absolute Gasteiger partial charge is 0.454 e. The molecule has 3 rings (SSSR count). The summed E-state index contributed by atoms with van der Waals surface area (Å²) in [5.41, 5.74) is 1.97. The average molecular weight is 390 g/mol. The number of benzene rings is 2. The first-order chi connectivity index (χ1) is 12.9. The number of hydrogen-bond donors (Lipinski definition) is 1. The second kappa shape index (κ2) is 7.98. The van der Waals surface area contributed by atoms with E-state index in [1.54, 1.807) is 24.3 Å². The van der Waals surface area contributed by atoms with Gasteiger partial charge in [-0.2, -0.15) is 4.31 Å². The van der Waals surface area contributed by atoms with E-state index in [-0.39, 0.29) is 24.1 Å². The Hall–Kier alpha value is -2.58. The standard InChI is InChI=1S/C19H22N2O5S/c1-14-3-6-16(7-4-14)27(23,24)21(2)12-19(22)20-10-9-15-5-8-17-18(11-15)26-13-25-17/h3-8,11H,9-10,12-13H2,1-2H3,(H,20,22). The van der Waals surface area contributed by atoms with Gasteiger partial charge in [0.1, 0.15) is 0 Å². The lowest BCUT2D eigenvalue weighted by molar-refractivity contribution is -0.121. The van der Waals surface area contributed by atoms with Crippen molar-refractivity contribution < 1.29 is 22.7 Å². The summed E-state index contributed by atoms with van der Waals surface area (Å²) in [6.45, 7) is 2.26. The van der Waals surface area contributed by atoms with Crippen LogP contribution in [-0.2, 0) is 21.2 Å². The molecule has 0 spiro atoms. The molecule has 0 bridgehead atoms. The van der Waals surface area contributed by atoms with Gasteiger partial charge in [-0.05, 0) is 43.2 Å². The molecular formula is C19H22N2O5S. The second-order valence-corrected chi connectivity index (χ2v) is 8.41. The maximum Gasteiger partial charge on any atom is 0.243 e. The van der Waals surface area contributed by atoms with Gasteiger partial charge >= 0.3 is 0 Å². The summed E-state index contributed by atoms with van der Waals surface area (Å²) in [5.74, 6) is 1.06. The molecule has 1 heterocycles. The third-order valence-electron chi connectivity index (χ3n) is 4.27. The highest BCUT2D eigenvalue weighted by molar-refractivity contribution is 7.89. The van der Waals surface area contributed by atoms with Crippen LogP contribution in [0.15, 0.2) is 47.4 Å². The van der Waals surface area contributed by atoms with E-state index >= 15 is 0 Å². The van der Waals surface area contributed by atoms with Crippen molar-refractivity contribution in [2.24, 2.45) is 0 Å². The molecule has 8 heteroatoms. The van der Waals surface area contributed by atoms with E-state index in [9.17, 15) is 13.2 Å². The highest BCUT2D eigenvalue weighted by Gasteiger charge is 2.22. The fourth-order valence-corrected chi connectivity index (χ4v) is 3.80. The molecule has 0 saturated heterocycles. The fourth-order valence-electron chi connectivity index (χ4n) is 2.68. The van der Waals surface area contributed by atoms with Crippen LogP contribution in [0.5, 0.6) is 11.5 Å². The average Bonchev–Trinajstić information content (AvgIpc) is 3.10. The Morgan fingerprint density at radius 3 is 2.56 bits per heavy atom. The van der Waals surface area contributed by atoms with Gasteiger partial charge in [0, 0.05) is 13.6 Å². The van der Waals surface area contributed by atoms with Gasteiger partial charge in [0.15, 0.2) is 11.5 Å². The molecule has 27 heavy (non-hydrogen) atoms. The molecule has 0 atom stereocenters. The first kappa shape index (κ1) is 19.2. The van der Waals surface area contributed by atoms with Gasteiger partial charge in [0.05, 0.1) is 11.4 Å². The molecule has 2 aromatic rings. The highest BCUT2D eigenvalue weighted by atomic mass is 32.2. The van der Waals surface area contributed by atoms with Gasteiger partial charge in [0.2, 0.25) is 22.7 Å². The van der Waals surface area contributed by atoms with Crippen LogP contribution in [-0.4, -0.2) is 45.6 Å². The number of rotatable bonds is 7. The van der Waals surface area contributed by atoms with E-state index in [0.717, 1.165) is 15.4 Å². The molecule has 1 aliphatic heterocycles. The molecule has 7 nitrogen and oxygen atoms in total. The minimum absolute atomic E-state index is 0.170. The molecule has 1 amide bonds. The number of likely N-dealkylation sites (N-methyl/N-ethyl adjacent to an activating group) is 1. The number of fused-ring (bicyclic) bond motifs is 1. The predicted octanol–water partition coefficient (Wildman–Crippen LogP) is 1.70. The second-order valence-electron chi connectivity index (χ2n) is 6.36. The first-order valence-electron chi connectivity index (χ1n) is 8.54. The van der Waals surface area contributed by atoms with Crippen LogP contribution in [0.2, 0.25) is 0 Å². The molecule has 0 saturated carbocycles. The minimum atomic E-state index is -3.69. The molecule has 0 radical (unpaired) electrons. The highest BCUT2D eigenvalue weighted by Crippen LogP contribution is 2.32. The van der Waals surface area contributed by atoms with Gasteiger partial charge < -0.3 is 14.8 Å². The fraction of sp³-hybridized carbons (Fsp3) is 0.316. The van der Waals surface area contributed by atoms with Crippen molar-refractivity contribution in [1.29, 1.82) is 0 Å². The van der Waals surface area contributed by atoms with Crippen molar-refractivity contribution in [3.8, 4) is 11.5 Å². The molecule has 0 unspecified atom stereocenters. The number of nitrogens with one attached hydrogen (secondary N) is 1. The van der Waals surface area contributed by atoms with Gasteiger partial charge in [0.25, 0.3) is 0 Å². The molecule has 0 aromatic heterocycles. The number of sulfonamides is 1. The van der Waals surface area contributed by atoms with E-state index in [1.165, 1.54) is 7.05 Å². The lowest BCUT2D eigenvalue weighted by Crippen LogP contribution is -2.39. The SMILES string of the molecule is Cc1ccc(S(=O)(=O)N(C)CC(=O)NCCc2ccc3c(c2)OCO3)cc1. The number of hydrogen-bond acceptors (Lipinski definition) is 5. The van der Waals surface area contributed by atoms with Crippen LogP contribution in [0.25, 0.3) is 0 Å². The quantitative estimate of drug-likeness (QED) is 0.778. The summed E-state index contributed by atoms with van der Waals surface area (Å²) < 4.78 is 36.6. The maximum absolute atomic E-state index is 12.5. The van der Waals surface area contributed by atoms with Crippen molar-refractivity contribution in [1.82, 2.24) is 9.62 Å². The van der Waals surface area contributed by atoms with Crippen molar-refractivity contribution in [3.63, 3.8) is 0 Å². The number of carbonyl (C=O) groups excluding carboxylic acids is 1. The van der Waals surface area contributed by atoms with Crippen LogP contribution in [0.4, 0.5) is 0 Å². The predicted molar refractivity (Wildman–Crippen MR) is 100 cm³/mol. The molecule has 0 fully saturated rings. The Labute approximate surface area is 158 Å². The summed E-state index contributed by atoms with van der Waals surface area (Å²) in [5, 5.41) is 2.75. The van der Waals surface area contributed by atoms with Crippen LogP contribution in [0.3, 0.4) is 0 Å². The summed E-state index contributed by atoms with van der Waals surface area (Å²) >= 11 is 0. The van der Waals surface area contributed by atoms with Crippen LogP contribution >= 0.6 is 0 Å². The van der Waals surface area contributed by atoms with Crippen molar-refractivity contribution >= 4 is 15.9 Å². The van der Waals surface area contributed by atoms with E-state index in [2.05, 4.69) is 5.32 Å². The van der Waals surface area contributed by atoms with Crippen molar-refractivity contribution in [2.75, 3.05) is 26.9 Å². The zero-order valence-corrected chi connectivity index (χ0v) is 16.1. The monoisotopic (exact) mass is 390 g/mol. The third-order valence-corrected chi connectivity index (χ3v) is 6.09. The van der Waals surface area contributed by atoms with E-state index in [4.69, 9.17) is 9.47 Å². The first-order valence-corrected chi connectivity index (χ1v) is 9.98. The topological polar surface area (TPSA) is 84.9 Å². The number of aryl methyl sites for hydroxylation is 1. The lowest BCUT2D eigenvalue weighted by atomic mass is 10.1. The third kappa shape index (κ3) is 4.58. The zero-order chi connectivity index (χ0) is 19.4. The van der Waals surface area contributed by atoms with Gasteiger partial charge in [-0.1, -0.05) is 23.8 Å². The Kier molecular flexibility index (Phi) is 5.67. The Morgan fingerprint density at radius 1 is 1.11 bits per heavy atom. The van der Waals surface area contributed by atoms with Crippen molar-refractivity contribution in [2.45, 2.75) is 18.2 Å². The van der Waals surface area contributed by atoms with E-state index < -0.39 is 10.0 Å². The zero-order valence-electron chi connectivity index (χ0n) is 15.3. The van der Waals surface area contributed by atoms with E-state index in [0.29, 0.717) is 24.5 Å². The molecule has 1 N–H and O–H groups in total. The van der Waals surface area contributed by atoms with Crippen molar-refractivity contribution in [3.05, 3.63) is 53.6 Å². The molecule has 2 aromatic carbocycles. The lowest BCUT2D eigenvalue weighted by Gasteiger charge is -2.17. The number of carbonyl (C=O) groups is 1. The smallest absolute Gasteiger partial charge is 0.243 e. The Balaban J connectivity index is 1.50. The van der Waals surface area contributed by atoms with Crippen LogP contribution in [0.1, 0.15) is 11.1 Å². The normalized spacial score (nSPS) is 13.0. The maximum atomic E-state index is 12.5. The number of nitrogens with zero attached hydrogens (tertiary/aromatic N) is 1. The minimum Gasteiger partial charge on any atom is -0.454 e. The summed E-state index contributed by atoms with van der Waals surface area (Å²) in [4.78, 5) is 12.3. The summed E-state index contributed by atoms with van der Waals surface area (Å²) in [6, 6.07) is 12.2. The molecule has 144 valence electrons. The van der Waals surface area contributed by atoms with Gasteiger partial charge in [-0.3, -0.25) is 4.79 Å². The number of ether oxygens (including phenoxy) is 2. The van der Waals surface area contributed by atoms with Gasteiger partial charge in [-0.15, -0.1) is 0 Å². The molecular weight excluding hydrogens is 368 g/mol.